The minimum absolute atomic E-state index is 0.0216. The molecule has 2 heterocycles. The maximum Gasteiger partial charge on any atom is 0.228 e. The Kier molecular flexibility index (Phi) is 6.87. The van der Waals surface area contributed by atoms with Gasteiger partial charge in [-0.05, 0) is 55.5 Å². The second-order valence-corrected chi connectivity index (χ2v) is 8.95. The average molecular weight is 442 g/mol. The number of nitrogens with zero attached hydrogens (tertiary/aromatic N) is 2. The highest BCUT2D eigenvalue weighted by Gasteiger charge is 2.45. The molecule has 2 aromatic carbocycles. The zero-order valence-corrected chi connectivity index (χ0v) is 19.4. The van der Waals surface area contributed by atoms with Crippen LogP contribution in [-0.4, -0.2) is 41.3 Å². The molecule has 3 aromatic rings. The van der Waals surface area contributed by atoms with E-state index in [2.05, 4.69) is 65.8 Å². The van der Waals surface area contributed by atoms with Gasteiger partial charge in [-0.3, -0.25) is 14.6 Å². The van der Waals surface area contributed by atoms with Crippen LogP contribution in [-0.2, 0) is 22.4 Å². The van der Waals surface area contributed by atoms with Crippen LogP contribution in [0.5, 0.6) is 0 Å². The van der Waals surface area contributed by atoms with Gasteiger partial charge in [0.05, 0.1) is 11.8 Å². The second-order valence-electron chi connectivity index (χ2n) is 8.95. The van der Waals surface area contributed by atoms with Crippen LogP contribution >= 0.6 is 0 Å². The molecule has 2 amide bonds. The second kappa shape index (κ2) is 9.99. The largest absolute Gasteiger partial charge is 0.356 e. The number of hydrogen-bond acceptors (Lipinski definition) is 3. The van der Waals surface area contributed by atoms with E-state index in [1.165, 1.54) is 5.56 Å². The van der Waals surface area contributed by atoms with Crippen molar-refractivity contribution < 1.29 is 9.59 Å². The lowest BCUT2D eigenvalue weighted by atomic mass is 9.79. The van der Waals surface area contributed by atoms with E-state index in [9.17, 15) is 9.59 Å². The molecule has 1 aliphatic heterocycles. The number of nitrogens with one attached hydrogen (secondary N) is 1. The highest BCUT2D eigenvalue weighted by atomic mass is 16.2. The number of carbonyl (C=O) groups is 2. The molecule has 5 nitrogen and oxygen atoms in total. The molecule has 0 radical (unpaired) electrons. The molecule has 1 N–H and O–H groups in total. The fourth-order valence-corrected chi connectivity index (χ4v) is 4.61. The van der Waals surface area contributed by atoms with Gasteiger partial charge in [0.1, 0.15) is 0 Å². The van der Waals surface area contributed by atoms with E-state index in [4.69, 9.17) is 0 Å². The number of benzene rings is 2. The normalized spacial score (nSPS) is 17.7. The minimum atomic E-state index is -0.623. The third kappa shape index (κ3) is 5.30. The lowest BCUT2D eigenvalue weighted by Gasteiger charge is -2.28. The summed E-state index contributed by atoms with van der Waals surface area (Å²) < 4.78 is 0. The number of aryl methyl sites for hydroxylation is 1. The van der Waals surface area contributed by atoms with Crippen molar-refractivity contribution in [2.24, 2.45) is 5.41 Å². The number of hydrogen-bond donors (Lipinski definition) is 1. The maximum atomic E-state index is 13.2. The molecule has 0 aliphatic carbocycles. The topological polar surface area (TPSA) is 62.3 Å². The number of amides is 2. The fraction of sp³-hybridized carbons (Fsp3) is 0.321. The van der Waals surface area contributed by atoms with Crippen molar-refractivity contribution in [3.8, 4) is 11.1 Å². The lowest BCUT2D eigenvalue weighted by Crippen LogP contribution is -2.45. The van der Waals surface area contributed by atoms with Gasteiger partial charge in [0.15, 0.2) is 0 Å². The Labute approximate surface area is 195 Å². The predicted molar refractivity (Wildman–Crippen MR) is 131 cm³/mol. The van der Waals surface area contributed by atoms with Gasteiger partial charge in [-0.2, -0.15) is 0 Å². The Morgan fingerprint density at radius 2 is 1.85 bits per heavy atom. The molecule has 0 bridgehead atoms. The zero-order valence-electron chi connectivity index (χ0n) is 19.4. The monoisotopic (exact) mass is 441 g/mol. The quantitative estimate of drug-likeness (QED) is 0.598. The summed E-state index contributed by atoms with van der Waals surface area (Å²) in [5.74, 6) is 0.0483. The molecule has 1 aliphatic rings. The Morgan fingerprint density at radius 1 is 1.03 bits per heavy atom. The number of aromatic nitrogens is 1. The van der Waals surface area contributed by atoms with Crippen molar-refractivity contribution in [2.75, 3.05) is 19.6 Å². The first-order chi connectivity index (χ1) is 16.0. The number of rotatable bonds is 7. The van der Waals surface area contributed by atoms with Crippen LogP contribution in [0.1, 0.15) is 30.2 Å². The molecule has 1 atom stereocenters. The third-order valence-corrected chi connectivity index (χ3v) is 6.44. The van der Waals surface area contributed by atoms with Gasteiger partial charge < -0.3 is 10.2 Å². The van der Waals surface area contributed by atoms with Gasteiger partial charge in [-0.1, -0.05) is 60.2 Å². The van der Waals surface area contributed by atoms with Crippen LogP contribution in [0.15, 0.2) is 72.9 Å². The molecule has 33 heavy (non-hydrogen) atoms. The van der Waals surface area contributed by atoms with E-state index in [1.54, 1.807) is 6.20 Å². The number of carbonyl (C=O) groups excluding carboxylic acids is 2. The van der Waals surface area contributed by atoms with Crippen molar-refractivity contribution in [1.82, 2.24) is 15.2 Å². The predicted octanol–water partition coefficient (Wildman–Crippen LogP) is 4.20. The molecular formula is C28H31N3O2. The highest BCUT2D eigenvalue weighted by Crippen LogP contribution is 2.36. The van der Waals surface area contributed by atoms with Gasteiger partial charge in [-0.15, -0.1) is 0 Å². The summed E-state index contributed by atoms with van der Waals surface area (Å²) in [5.41, 5.74) is 4.77. The average Bonchev–Trinajstić information content (AvgIpc) is 3.26. The lowest BCUT2D eigenvalue weighted by molar-refractivity contribution is -0.132. The summed E-state index contributed by atoms with van der Waals surface area (Å²) in [6, 6.07) is 22.5. The molecule has 0 saturated carbocycles. The fourth-order valence-electron chi connectivity index (χ4n) is 4.61. The Hall–Kier alpha value is -3.47. The molecule has 170 valence electrons. The van der Waals surface area contributed by atoms with E-state index in [-0.39, 0.29) is 18.2 Å². The summed E-state index contributed by atoms with van der Waals surface area (Å²) in [7, 11) is 0. The van der Waals surface area contributed by atoms with Crippen molar-refractivity contribution in [1.29, 1.82) is 0 Å². The van der Waals surface area contributed by atoms with Crippen LogP contribution in [0.2, 0.25) is 0 Å². The molecule has 0 spiro atoms. The first-order valence-electron chi connectivity index (χ1n) is 11.6. The maximum absolute atomic E-state index is 13.2. The van der Waals surface area contributed by atoms with Crippen molar-refractivity contribution >= 4 is 11.8 Å². The molecule has 1 saturated heterocycles. The Morgan fingerprint density at radius 3 is 2.58 bits per heavy atom. The first kappa shape index (κ1) is 22.7. The van der Waals surface area contributed by atoms with Crippen molar-refractivity contribution in [3.63, 3.8) is 0 Å². The molecule has 1 fully saturated rings. The Balaban J connectivity index is 1.54. The van der Waals surface area contributed by atoms with E-state index in [0.717, 1.165) is 22.4 Å². The van der Waals surface area contributed by atoms with Gasteiger partial charge in [0.2, 0.25) is 11.8 Å². The molecule has 1 unspecified atom stereocenters. The molecular weight excluding hydrogens is 410 g/mol. The van der Waals surface area contributed by atoms with E-state index in [1.807, 2.05) is 30.0 Å². The van der Waals surface area contributed by atoms with Gasteiger partial charge >= 0.3 is 0 Å². The van der Waals surface area contributed by atoms with E-state index < -0.39 is 5.41 Å². The van der Waals surface area contributed by atoms with Gasteiger partial charge in [-0.25, -0.2) is 0 Å². The SMILES string of the molecule is CCNC(=O)C1(Cc2cccc(-c3ccc(C)cc3)c2)CCN(C(=O)Cc2ccccn2)C1. The summed E-state index contributed by atoms with van der Waals surface area (Å²) in [6.45, 7) is 5.60. The van der Waals surface area contributed by atoms with Gasteiger partial charge in [0, 0.05) is 31.5 Å². The smallest absolute Gasteiger partial charge is 0.228 e. The summed E-state index contributed by atoms with van der Waals surface area (Å²) in [5, 5.41) is 3.02. The van der Waals surface area contributed by atoms with Crippen LogP contribution in [0, 0.1) is 12.3 Å². The van der Waals surface area contributed by atoms with Crippen LogP contribution in [0.4, 0.5) is 0 Å². The summed E-state index contributed by atoms with van der Waals surface area (Å²) in [4.78, 5) is 32.3. The van der Waals surface area contributed by atoms with Gasteiger partial charge in [0.25, 0.3) is 0 Å². The van der Waals surface area contributed by atoms with E-state index >= 15 is 0 Å². The van der Waals surface area contributed by atoms with Crippen LogP contribution < -0.4 is 5.32 Å². The summed E-state index contributed by atoms with van der Waals surface area (Å²) in [6.07, 6.45) is 3.22. The molecule has 5 heteroatoms. The minimum Gasteiger partial charge on any atom is -0.356 e. The van der Waals surface area contributed by atoms with Crippen molar-refractivity contribution in [2.45, 2.75) is 33.1 Å². The van der Waals surface area contributed by atoms with Crippen molar-refractivity contribution in [3.05, 3.63) is 89.7 Å². The standard InChI is InChI=1S/C28H31N3O2/c1-3-29-27(33)28(14-16-31(20-28)26(32)18-25-9-4-5-15-30-25)19-22-7-6-8-24(17-22)23-12-10-21(2)11-13-23/h4-13,15,17H,3,14,16,18-20H2,1-2H3,(H,29,33). The molecule has 4 rings (SSSR count). The molecule has 1 aromatic heterocycles. The highest BCUT2D eigenvalue weighted by molar-refractivity contribution is 5.86. The zero-order chi connectivity index (χ0) is 23.3. The third-order valence-electron chi connectivity index (χ3n) is 6.44. The summed E-state index contributed by atoms with van der Waals surface area (Å²) >= 11 is 0. The Bertz CT molecular complexity index is 1110. The van der Waals surface area contributed by atoms with Crippen LogP contribution in [0.25, 0.3) is 11.1 Å². The number of likely N-dealkylation sites (tertiary alicyclic amines) is 1. The van der Waals surface area contributed by atoms with E-state index in [0.29, 0.717) is 32.5 Å². The van der Waals surface area contributed by atoms with Crippen LogP contribution in [0.3, 0.4) is 0 Å². The number of pyridine rings is 1. The first-order valence-corrected chi connectivity index (χ1v) is 11.6.